The lowest BCUT2D eigenvalue weighted by Crippen LogP contribution is -2.05. The number of aromatic nitrogens is 2. The Morgan fingerprint density at radius 2 is 2.21 bits per heavy atom. The SMILES string of the molecule is CCC(C)n1ccc(S(C)(C)SC)n1. The Kier molecular flexibility index (Phi) is 3.95. The van der Waals surface area contributed by atoms with E-state index < -0.39 is 9.06 Å². The lowest BCUT2D eigenvalue weighted by Gasteiger charge is -2.25. The third-order valence-electron chi connectivity index (χ3n) is 2.55. The van der Waals surface area contributed by atoms with Crippen molar-refractivity contribution in [1.82, 2.24) is 9.78 Å². The second-order valence-electron chi connectivity index (χ2n) is 3.79. The van der Waals surface area contributed by atoms with E-state index in [0.717, 1.165) is 6.42 Å². The number of hydrogen-bond donors (Lipinski definition) is 0. The lowest BCUT2D eigenvalue weighted by molar-refractivity contribution is 0.470. The molecule has 1 unspecified atom stereocenters. The third-order valence-corrected chi connectivity index (χ3v) is 7.62. The van der Waals surface area contributed by atoms with Crippen molar-refractivity contribution < 1.29 is 0 Å². The topological polar surface area (TPSA) is 17.8 Å². The van der Waals surface area contributed by atoms with Crippen LogP contribution in [0.15, 0.2) is 17.3 Å². The molecule has 1 heterocycles. The van der Waals surface area contributed by atoms with Crippen molar-refractivity contribution in [3.63, 3.8) is 0 Å². The van der Waals surface area contributed by atoms with Gasteiger partial charge in [0.05, 0.1) is 0 Å². The van der Waals surface area contributed by atoms with Crippen molar-refractivity contribution >= 4 is 19.9 Å². The van der Waals surface area contributed by atoms with E-state index in [0.29, 0.717) is 6.04 Å². The molecule has 0 fully saturated rings. The van der Waals surface area contributed by atoms with Gasteiger partial charge in [-0.3, -0.25) is 4.68 Å². The van der Waals surface area contributed by atoms with Crippen LogP contribution in [0.2, 0.25) is 0 Å². The van der Waals surface area contributed by atoms with Gasteiger partial charge in [-0.1, -0.05) is 6.92 Å². The summed E-state index contributed by atoms with van der Waals surface area (Å²) in [5, 5.41) is 5.91. The van der Waals surface area contributed by atoms with E-state index in [9.17, 15) is 0 Å². The molecule has 82 valence electrons. The maximum absolute atomic E-state index is 4.66. The average Bonchev–Trinajstić information content (AvgIpc) is 2.66. The van der Waals surface area contributed by atoms with E-state index >= 15 is 0 Å². The maximum atomic E-state index is 4.66. The molecule has 0 amide bonds. The van der Waals surface area contributed by atoms with Gasteiger partial charge in [-0.25, -0.2) is 0 Å². The molecule has 1 aromatic rings. The predicted molar refractivity (Wildman–Crippen MR) is 68.4 cm³/mol. The minimum atomic E-state index is -0.734. The normalized spacial score (nSPS) is 15.5. The van der Waals surface area contributed by atoms with Crippen molar-refractivity contribution in [2.24, 2.45) is 0 Å². The number of hydrogen-bond acceptors (Lipinski definition) is 2. The Hall–Kier alpha value is -0.0900. The van der Waals surface area contributed by atoms with E-state index in [-0.39, 0.29) is 0 Å². The van der Waals surface area contributed by atoms with Crippen LogP contribution >= 0.6 is 19.9 Å². The van der Waals surface area contributed by atoms with Crippen molar-refractivity contribution in [2.45, 2.75) is 31.3 Å². The molecule has 0 N–H and O–H groups in total. The highest BCUT2D eigenvalue weighted by atomic mass is 33.2. The molecule has 0 aliphatic rings. The van der Waals surface area contributed by atoms with Crippen molar-refractivity contribution in [1.29, 1.82) is 0 Å². The van der Waals surface area contributed by atoms with Gasteiger partial charge in [-0.15, -0.1) is 10.8 Å². The van der Waals surface area contributed by atoms with E-state index in [4.69, 9.17) is 0 Å². The largest absolute Gasteiger partial charge is 0.269 e. The molecular formula is C10H20N2S2. The summed E-state index contributed by atoms with van der Waals surface area (Å²) >= 11 is 0. The van der Waals surface area contributed by atoms with Crippen molar-refractivity contribution in [2.75, 3.05) is 18.8 Å². The number of nitrogens with zero attached hydrogens (tertiary/aromatic N) is 2. The molecular weight excluding hydrogens is 212 g/mol. The van der Waals surface area contributed by atoms with Crippen LogP contribution in [0, 0.1) is 0 Å². The predicted octanol–water partition coefficient (Wildman–Crippen LogP) is 3.56. The Morgan fingerprint density at radius 1 is 1.57 bits per heavy atom. The standard InChI is InChI=1S/C10H20N2S2/c1-6-9(2)12-8-7-10(11-12)14(4,5)13-3/h7-9H,6H2,1-5H3. The lowest BCUT2D eigenvalue weighted by atomic mass is 10.3. The van der Waals surface area contributed by atoms with Gasteiger partial charge in [-0.05, 0) is 38.2 Å². The van der Waals surface area contributed by atoms with Crippen LogP contribution < -0.4 is 0 Å². The Labute approximate surface area is 92.2 Å². The summed E-state index contributed by atoms with van der Waals surface area (Å²) in [5.74, 6) is 0. The fourth-order valence-corrected chi connectivity index (χ4v) is 2.73. The molecule has 0 aromatic carbocycles. The van der Waals surface area contributed by atoms with Gasteiger partial charge in [0.2, 0.25) is 0 Å². The zero-order valence-electron chi connectivity index (χ0n) is 9.65. The van der Waals surface area contributed by atoms with Gasteiger partial charge >= 0.3 is 0 Å². The van der Waals surface area contributed by atoms with E-state index in [1.165, 1.54) is 5.03 Å². The molecule has 0 aliphatic carbocycles. The second-order valence-corrected chi connectivity index (χ2v) is 10.5. The van der Waals surface area contributed by atoms with E-state index in [1.54, 1.807) is 0 Å². The van der Waals surface area contributed by atoms with Crippen LogP contribution in [0.3, 0.4) is 0 Å². The quantitative estimate of drug-likeness (QED) is 0.739. The summed E-state index contributed by atoms with van der Waals surface area (Å²) < 4.78 is 2.08. The summed E-state index contributed by atoms with van der Waals surface area (Å²) in [7, 11) is 1.19. The third kappa shape index (κ3) is 2.48. The Bertz CT molecular complexity index is 294. The highest BCUT2D eigenvalue weighted by Crippen LogP contribution is 2.58. The maximum Gasteiger partial charge on any atom is 0.109 e. The van der Waals surface area contributed by atoms with Gasteiger partial charge in [0.15, 0.2) is 0 Å². The molecule has 4 heteroatoms. The van der Waals surface area contributed by atoms with Gasteiger partial charge in [0, 0.05) is 12.2 Å². The average molecular weight is 232 g/mol. The molecule has 1 atom stereocenters. The molecule has 1 rings (SSSR count). The fourth-order valence-electron chi connectivity index (χ4n) is 1.10. The first-order valence-corrected chi connectivity index (χ1v) is 9.04. The molecule has 0 aliphatic heterocycles. The summed E-state index contributed by atoms with van der Waals surface area (Å²) in [4.78, 5) is 0. The van der Waals surface area contributed by atoms with Crippen LogP contribution in [0.5, 0.6) is 0 Å². The van der Waals surface area contributed by atoms with Gasteiger partial charge in [-0.2, -0.15) is 14.2 Å². The fraction of sp³-hybridized carbons (Fsp3) is 0.700. The minimum absolute atomic E-state index is 0.515. The summed E-state index contributed by atoms with van der Waals surface area (Å²) in [5.41, 5.74) is 0. The molecule has 0 saturated carbocycles. The second kappa shape index (κ2) is 4.62. The van der Waals surface area contributed by atoms with E-state index in [2.05, 4.69) is 54.7 Å². The highest BCUT2D eigenvalue weighted by Gasteiger charge is 2.17. The molecule has 1 aromatic heterocycles. The first kappa shape index (κ1) is 12.0. The molecule has 0 spiro atoms. The highest BCUT2D eigenvalue weighted by molar-refractivity contribution is 8.93. The zero-order valence-corrected chi connectivity index (χ0v) is 11.3. The van der Waals surface area contributed by atoms with Gasteiger partial charge < -0.3 is 0 Å². The van der Waals surface area contributed by atoms with Crippen LogP contribution in [-0.4, -0.2) is 28.5 Å². The molecule has 14 heavy (non-hydrogen) atoms. The molecule has 2 nitrogen and oxygen atoms in total. The van der Waals surface area contributed by atoms with Gasteiger partial charge in [0.1, 0.15) is 5.03 Å². The summed E-state index contributed by atoms with van der Waals surface area (Å²) in [6, 6.07) is 2.68. The smallest absolute Gasteiger partial charge is 0.109 e. The van der Waals surface area contributed by atoms with Gasteiger partial charge in [0.25, 0.3) is 0 Å². The Balaban J connectivity index is 2.88. The Morgan fingerprint density at radius 3 is 2.71 bits per heavy atom. The minimum Gasteiger partial charge on any atom is -0.269 e. The molecule has 0 radical (unpaired) electrons. The molecule has 0 bridgehead atoms. The van der Waals surface area contributed by atoms with Crippen molar-refractivity contribution in [3.05, 3.63) is 12.3 Å². The van der Waals surface area contributed by atoms with Crippen LogP contribution in [-0.2, 0) is 0 Å². The molecule has 0 saturated heterocycles. The van der Waals surface area contributed by atoms with E-state index in [1.807, 2.05) is 10.8 Å². The van der Waals surface area contributed by atoms with Crippen LogP contribution in [0.25, 0.3) is 0 Å². The van der Waals surface area contributed by atoms with Crippen LogP contribution in [0.4, 0.5) is 0 Å². The first-order chi connectivity index (χ1) is 6.51. The zero-order chi connectivity index (χ0) is 10.8. The van der Waals surface area contributed by atoms with Crippen LogP contribution in [0.1, 0.15) is 26.3 Å². The summed E-state index contributed by atoms with van der Waals surface area (Å²) in [6.45, 7) is 4.40. The monoisotopic (exact) mass is 232 g/mol. The van der Waals surface area contributed by atoms with Crippen molar-refractivity contribution in [3.8, 4) is 0 Å². The first-order valence-electron chi connectivity index (χ1n) is 4.85. The summed E-state index contributed by atoms with van der Waals surface area (Å²) in [6.07, 6.45) is 9.99. The number of rotatable bonds is 4.